The van der Waals surface area contributed by atoms with Crippen LogP contribution in [0.25, 0.3) is 0 Å². The van der Waals surface area contributed by atoms with Crippen molar-refractivity contribution in [2.45, 2.75) is 24.8 Å². The number of primary sulfonamides is 1. The standard InChI is InChI=1S/C17H18N4O4S/c1-11-5-3-4-6-15(11)19-17(23)16(12(2)22)21-20-13-7-9-14(10-8-13)26(18,24)25/h3-10,16H,1-2H3,(H,19,23)(H2,18,24,25)/t16-/m0/s1. The normalized spacial score (nSPS) is 12.7. The molecule has 0 radical (unpaired) electrons. The summed E-state index contributed by atoms with van der Waals surface area (Å²) >= 11 is 0. The first kappa shape index (κ1) is 19.4. The Labute approximate surface area is 151 Å². The lowest BCUT2D eigenvalue weighted by Crippen LogP contribution is -2.32. The van der Waals surface area contributed by atoms with Gasteiger partial charge in [-0.15, -0.1) is 0 Å². The highest BCUT2D eigenvalue weighted by atomic mass is 32.2. The Kier molecular flexibility index (Phi) is 5.96. The monoisotopic (exact) mass is 374 g/mol. The zero-order chi connectivity index (χ0) is 19.3. The molecule has 2 aromatic carbocycles. The number of carbonyl (C=O) groups excluding carboxylic acids is 2. The van der Waals surface area contributed by atoms with E-state index in [2.05, 4.69) is 15.5 Å². The van der Waals surface area contributed by atoms with E-state index in [1.54, 1.807) is 12.1 Å². The highest BCUT2D eigenvalue weighted by molar-refractivity contribution is 7.89. The molecule has 1 amide bonds. The number of sulfonamides is 1. The molecule has 0 aliphatic heterocycles. The molecule has 2 aromatic rings. The zero-order valence-electron chi connectivity index (χ0n) is 14.2. The largest absolute Gasteiger partial charge is 0.324 e. The predicted molar refractivity (Wildman–Crippen MR) is 96.6 cm³/mol. The van der Waals surface area contributed by atoms with E-state index < -0.39 is 27.8 Å². The maximum atomic E-state index is 12.3. The van der Waals surface area contributed by atoms with Crippen molar-refractivity contribution in [1.29, 1.82) is 0 Å². The minimum atomic E-state index is -3.81. The van der Waals surface area contributed by atoms with Crippen LogP contribution in [0.3, 0.4) is 0 Å². The molecule has 2 rings (SSSR count). The van der Waals surface area contributed by atoms with Crippen molar-refractivity contribution in [3.8, 4) is 0 Å². The molecular weight excluding hydrogens is 356 g/mol. The number of nitrogens with zero attached hydrogens (tertiary/aromatic N) is 2. The van der Waals surface area contributed by atoms with E-state index in [4.69, 9.17) is 5.14 Å². The maximum Gasteiger partial charge on any atom is 0.258 e. The third-order valence-corrected chi connectivity index (χ3v) is 4.42. The van der Waals surface area contributed by atoms with E-state index in [-0.39, 0.29) is 10.6 Å². The number of rotatable bonds is 6. The molecule has 0 saturated carbocycles. The van der Waals surface area contributed by atoms with Gasteiger partial charge in [-0.1, -0.05) is 18.2 Å². The van der Waals surface area contributed by atoms with Crippen LogP contribution in [0.4, 0.5) is 11.4 Å². The van der Waals surface area contributed by atoms with Crippen LogP contribution in [-0.2, 0) is 19.6 Å². The summed E-state index contributed by atoms with van der Waals surface area (Å²) < 4.78 is 22.4. The van der Waals surface area contributed by atoms with Gasteiger partial charge in [0.1, 0.15) is 0 Å². The van der Waals surface area contributed by atoms with E-state index >= 15 is 0 Å². The molecule has 0 fully saturated rings. The first-order chi connectivity index (χ1) is 12.2. The lowest BCUT2D eigenvalue weighted by molar-refractivity contribution is -0.126. The van der Waals surface area contributed by atoms with Gasteiger partial charge in [0.2, 0.25) is 16.1 Å². The number of benzene rings is 2. The first-order valence-electron chi connectivity index (χ1n) is 7.59. The number of amides is 1. The summed E-state index contributed by atoms with van der Waals surface area (Å²) in [6.45, 7) is 3.07. The topological polar surface area (TPSA) is 131 Å². The predicted octanol–water partition coefficient (Wildman–Crippen LogP) is 2.32. The van der Waals surface area contributed by atoms with E-state index in [9.17, 15) is 18.0 Å². The number of azo groups is 1. The van der Waals surface area contributed by atoms with Gasteiger partial charge in [-0.25, -0.2) is 13.6 Å². The molecule has 26 heavy (non-hydrogen) atoms. The molecule has 0 aromatic heterocycles. The number of carbonyl (C=O) groups is 2. The molecule has 0 unspecified atom stereocenters. The Morgan fingerprint density at radius 1 is 1.08 bits per heavy atom. The number of hydrogen-bond acceptors (Lipinski definition) is 6. The molecule has 0 aliphatic carbocycles. The van der Waals surface area contributed by atoms with E-state index in [1.807, 2.05) is 19.1 Å². The molecule has 0 bridgehead atoms. The second-order valence-electron chi connectivity index (χ2n) is 5.57. The zero-order valence-corrected chi connectivity index (χ0v) is 15.0. The van der Waals surface area contributed by atoms with Crippen LogP contribution < -0.4 is 10.5 Å². The molecule has 1 atom stereocenters. The summed E-state index contributed by atoms with van der Waals surface area (Å²) in [6.07, 6.45) is 0. The third-order valence-electron chi connectivity index (χ3n) is 3.49. The second kappa shape index (κ2) is 7.98. The molecule has 0 heterocycles. The first-order valence-corrected chi connectivity index (χ1v) is 9.14. The number of aryl methyl sites for hydroxylation is 1. The van der Waals surface area contributed by atoms with Crippen LogP contribution in [0.5, 0.6) is 0 Å². The molecule has 8 nitrogen and oxygen atoms in total. The summed E-state index contributed by atoms with van der Waals surface area (Å²) in [4.78, 5) is 24.0. The Morgan fingerprint density at radius 2 is 1.69 bits per heavy atom. The van der Waals surface area contributed by atoms with Crippen molar-refractivity contribution >= 4 is 33.1 Å². The van der Waals surface area contributed by atoms with Crippen molar-refractivity contribution in [2.24, 2.45) is 15.4 Å². The van der Waals surface area contributed by atoms with E-state index in [0.717, 1.165) is 5.56 Å². The Balaban J connectivity index is 2.17. The van der Waals surface area contributed by atoms with Crippen molar-refractivity contribution in [1.82, 2.24) is 0 Å². The summed E-state index contributed by atoms with van der Waals surface area (Å²) in [6, 6.07) is 11.1. The van der Waals surface area contributed by atoms with Gasteiger partial charge in [-0.2, -0.15) is 10.2 Å². The molecule has 3 N–H and O–H groups in total. The summed E-state index contributed by atoms with van der Waals surface area (Å²) in [7, 11) is -3.81. The van der Waals surface area contributed by atoms with Gasteiger partial charge in [0.25, 0.3) is 5.91 Å². The average molecular weight is 374 g/mol. The molecule has 9 heteroatoms. The van der Waals surface area contributed by atoms with Crippen molar-refractivity contribution in [3.05, 3.63) is 54.1 Å². The number of ketones is 1. The highest BCUT2D eigenvalue weighted by Crippen LogP contribution is 2.18. The molecule has 0 saturated heterocycles. The van der Waals surface area contributed by atoms with Crippen LogP contribution in [0.2, 0.25) is 0 Å². The fraction of sp³-hybridized carbons (Fsp3) is 0.176. The molecule has 0 spiro atoms. The molecule has 136 valence electrons. The van der Waals surface area contributed by atoms with Gasteiger partial charge in [0.15, 0.2) is 5.78 Å². The van der Waals surface area contributed by atoms with Crippen molar-refractivity contribution in [3.63, 3.8) is 0 Å². The second-order valence-corrected chi connectivity index (χ2v) is 7.13. The van der Waals surface area contributed by atoms with Gasteiger partial charge in [-0.3, -0.25) is 9.59 Å². The summed E-state index contributed by atoms with van der Waals surface area (Å²) in [5.41, 5.74) is 1.71. The quantitative estimate of drug-likeness (QED) is 0.593. The lowest BCUT2D eigenvalue weighted by atomic mass is 10.1. The van der Waals surface area contributed by atoms with Crippen LogP contribution >= 0.6 is 0 Å². The van der Waals surface area contributed by atoms with Crippen LogP contribution in [0.1, 0.15) is 12.5 Å². The Hall–Kier alpha value is -2.91. The lowest BCUT2D eigenvalue weighted by Gasteiger charge is -2.11. The molecule has 0 aliphatic rings. The Morgan fingerprint density at radius 3 is 2.23 bits per heavy atom. The third kappa shape index (κ3) is 5.04. The summed E-state index contributed by atoms with van der Waals surface area (Å²) in [5.74, 6) is -1.07. The van der Waals surface area contributed by atoms with Gasteiger partial charge in [0, 0.05) is 5.69 Å². The number of Topliss-reactive ketones (excluding diaryl/α,β-unsaturated/α-hetero) is 1. The maximum absolute atomic E-state index is 12.3. The smallest absolute Gasteiger partial charge is 0.258 e. The van der Waals surface area contributed by atoms with Gasteiger partial charge < -0.3 is 5.32 Å². The van der Waals surface area contributed by atoms with Crippen LogP contribution in [-0.4, -0.2) is 26.2 Å². The number of nitrogens with two attached hydrogens (primary N) is 1. The number of para-hydroxylation sites is 1. The summed E-state index contributed by atoms with van der Waals surface area (Å²) in [5, 5.41) is 15.3. The van der Waals surface area contributed by atoms with Gasteiger partial charge in [-0.05, 0) is 49.7 Å². The molecular formula is C17H18N4O4S. The minimum absolute atomic E-state index is 0.0723. The number of nitrogens with one attached hydrogen (secondary N) is 1. The van der Waals surface area contributed by atoms with Gasteiger partial charge >= 0.3 is 0 Å². The Bertz CT molecular complexity index is 953. The number of anilines is 1. The van der Waals surface area contributed by atoms with E-state index in [0.29, 0.717) is 5.69 Å². The van der Waals surface area contributed by atoms with Crippen LogP contribution in [0.15, 0.2) is 63.7 Å². The fourth-order valence-electron chi connectivity index (χ4n) is 2.06. The fourth-order valence-corrected chi connectivity index (χ4v) is 2.57. The average Bonchev–Trinajstić information content (AvgIpc) is 2.56. The highest BCUT2D eigenvalue weighted by Gasteiger charge is 2.23. The van der Waals surface area contributed by atoms with Crippen molar-refractivity contribution in [2.75, 3.05) is 5.32 Å². The SMILES string of the molecule is CC(=O)[C@H](N=Nc1ccc(S(N)(=O)=O)cc1)C(=O)Nc1ccccc1C. The van der Waals surface area contributed by atoms with Crippen molar-refractivity contribution < 1.29 is 18.0 Å². The number of hydrogen-bond donors (Lipinski definition) is 2. The minimum Gasteiger partial charge on any atom is -0.324 e. The van der Waals surface area contributed by atoms with E-state index in [1.165, 1.54) is 31.2 Å². The van der Waals surface area contributed by atoms with Gasteiger partial charge in [0.05, 0.1) is 10.6 Å². The van der Waals surface area contributed by atoms with Crippen LogP contribution in [0, 0.1) is 6.92 Å².